The van der Waals surface area contributed by atoms with Gasteiger partial charge in [0.15, 0.2) is 0 Å². The number of nitrogens with two attached hydrogens (primary N) is 1. The molecule has 3 nitrogen and oxygen atoms in total. The van der Waals surface area contributed by atoms with Crippen LogP contribution in [0.1, 0.15) is 32.9 Å². The Balaban J connectivity index is 2.64. The van der Waals surface area contributed by atoms with Crippen molar-refractivity contribution in [2.24, 2.45) is 5.92 Å². The molecule has 0 amide bonds. The lowest BCUT2D eigenvalue weighted by atomic mass is 10.1. The van der Waals surface area contributed by atoms with Gasteiger partial charge in [0.05, 0.1) is 0 Å². The lowest BCUT2D eigenvalue weighted by molar-refractivity contribution is 0.477. The second-order valence-corrected chi connectivity index (χ2v) is 3.82. The molecule has 0 fully saturated rings. The second kappa shape index (κ2) is 4.30. The quantitative estimate of drug-likeness (QED) is 0.772. The predicted molar refractivity (Wildman–Crippen MR) is 55.5 cm³/mol. The summed E-state index contributed by atoms with van der Waals surface area (Å²) in [5.41, 5.74) is 6.86. The third kappa shape index (κ3) is 2.76. The Morgan fingerprint density at radius 3 is 2.77 bits per heavy atom. The molecule has 1 aromatic heterocycles. The fraction of sp³-hybridized carbons (Fsp3) is 0.700. The van der Waals surface area contributed by atoms with Gasteiger partial charge in [-0.25, -0.2) is 0 Å². The molecule has 0 spiro atoms. The van der Waals surface area contributed by atoms with Gasteiger partial charge < -0.3 is 5.73 Å². The van der Waals surface area contributed by atoms with E-state index in [4.69, 9.17) is 5.73 Å². The molecule has 0 aliphatic carbocycles. The van der Waals surface area contributed by atoms with E-state index in [2.05, 4.69) is 25.9 Å². The van der Waals surface area contributed by atoms with Crippen molar-refractivity contribution in [3.63, 3.8) is 0 Å². The molecule has 0 atom stereocenters. The van der Waals surface area contributed by atoms with Crippen LogP contribution in [0.4, 0.5) is 5.82 Å². The zero-order valence-electron chi connectivity index (χ0n) is 8.75. The van der Waals surface area contributed by atoms with Crippen LogP contribution in [0.2, 0.25) is 0 Å². The Kier molecular flexibility index (Phi) is 3.34. The van der Waals surface area contributed by atoms with E-state index in [-0.39, 0.29) is 0 Å². The van der Waals surface area contributed by atoms with Crippen molar-refractivity contribution in [2.45, 2.75) is 40.2 Å². The first kappa shape index (κ1) is 10.1. The molecular weight excluding hydrogens is 162 g/mol. The van der Waals surface area contributed by atoms with Gasteiger partial charge in [0.25, 0.3) is 0 Å². The van der Waals surface area contributed by atoms with Gasteiger partial charge in [-0.1, -0.05) is 20.8 Å². The third-order valence-electron chi connectivity index (χ3n) is 2.16. The summed E-state index contributed by atoms with van der Waals surface area (Å²) >= 11 is 0. The SMILES string of the molecule is CCc1cc(N)nn1CCC(C)C. The maximum atomic E-state index is 5.63. The Labute approximate surface area is 79.9 Å². The Bertz CT molecular complexity index is 263. The number of aryl methyl sites for hydroxylation is 2. The topological polar surface area (TPSA) is 43.8 Å². The first-order valence-electron chi connectivity index (χ1n) is 4.95. The van der Waals surface area contributed by atoms with E-state index in [9.17, 15) is 0 Å². The maximum Gasteiger partial charge on any atom is 0.145 e. The summed E-state index contributed by atoms with van der Waals surface area (Å²) in [4.78, 5) is 0. The minimum atomic E-state index is 0.639. The monoisotopic (exact) mass is 181 g/mol. The molecule has 0 saturated heterocycles. The molecule has 0 bridgehead atoms. The highest BCUT2D eigenvalue weighted by atomic mass is 15.3. The normalized spacial score (nSPS) is 11.1. The predicted octanol–water partition coefficient (Wildman–Crippen LogP) is 2.07. The van der Waals surface area contributed by atoms with E-state index in [0.717, 1.165) is 25.3 Å². The van der Waals surface area contributed by atoms with Gasteiger partial charge in [-0.05, 0) is 18.8 Å². The lowest BCUT2D eigenvalue weighted by Crippen LogP contribution is -2.06. The van der Waals surface area contributed by atoms with Crippen LogP contribution >= 0.6 is 0 Å². The molecule has 0 aromatic carbocycles. The van der Waals surface area contributed by atoms with Crippen LogP contribution < -0.4 is 5.73 Å². The van der Waals surface area contributed by atoms with Gasteiger partial charge in [0, 0.05) is 18.3 Å². The number of nitrogen functional groups attached to an aromatic ring is 1. The minimum absolute atomic E-state index is 0.639. The van der Waals surface area contributed by atoms with E-state index < -0.39 is 0 Å². The highest BCUT2D eigenvalue weighted by Gasteiger charge is 2.04. The zero-order valence-corrected chi connectivity index (χ0v) is 8.75. The summed E-state index contributed by atoms with van der Waals surface area (Å²) in [6, 6.07) is 1.96. The van der Waals surface area contributed by atoms with Crippen molar-refractivity contribution >= 4 is 5.82 Å². The highest BCUT2D eigenvalue weighted by Crippen LogP contribution is 2.09. The van der Waals surface area contributed by atoms with E-state index in [0.29, 0.717) is 5.82 Å². The molecule has 0 aliphatic heterocycles. The average molecular weight is 181 g/mol. The summed E-state index contributed by atoms with van der Waals surface area (Å²) in [6.07, 6.45) is 2.16. The van der Waals surface area contributed by atoms with E-state index in [1.807, 2.05) is 10.7 Å². The van der Waals surface area contributed by atoms with E-state index in [1.54, 1.807) is 0 Å². The Hall–Kier alpha value is -0.990. The second-order valence-electron chi connectivity index (χ2n) is 3.82. The number of hydrogen-bond acceptors (Lipinski definition) is 2. The van der Waals surface area contributed by atoms with Crippen molar-refractivity contribution in [3.05, 3.63) is 11.8 Å². The largest absolute Gasteiger partial charge is 0.382 e. The molecular formula is C10H19N3. The molecule has 0 aliphatic rings. The number of anilines is 1. The van der Waals surface area contributed by atoms with Gasteiger partial charge in [0.1, 0.15) is 5.82 Å². The van der Waals surface area contributed by atoms with Crippen molar-refractivity contribution in [1.29, 1.82) is 0 Å². The molecule has 2 N–H and O–H groups in total. The van der Waals surface area contributed by atoms with Crippen molar-refractivity contribution in [1.82, 2.24) is 9.78 Å². The van der Waals surface area contributed by atoms with Crippen LogP contribution in [0.25, 0.3) is 0 Å². The van der Waals surface area contributed by atoms with Crippen LogP contribution in [-0.4, -0.2) is 9.78 Å². The summed E-state index contributed by atoms with van der Waals surface area (Å²) < 4.78 is 2.02. The number of hydrogen-bond donors (Lipinski definition) is 1. The highest BCUT2D eigenvalue weighted by molar-refractivity contribution is 5.29. The number of rotatable bonds is 4. The first-order valence-corrected chi connectivity index (χ1v) is 4.95. The molecule has 0 unspecified atom stereocenters. The van der Waals surface area contributed by atoms with Crippen LogP contribution in [0.15, 0.2) is 6.07 Å². The summed E-state index contributed by atoms with van der Waals surface area (Å²) in [5, 5.41) is 4.25. The molecule has 1 aromatic rings. The fourth-order valence-corrected chi connectivity index (χ4v) is 1.34. The summed E-state index contributed by atoms with van der Waals surface area (Å²) in [5.74, 6) is 1.36. The Morgan fingerprint density at radius 1 is 1.54 bits per heavy atom. The van der Waals surface area contributed by atoms with Gasteiger partial charge >= 0.3 is 0 Å². The van der Waals surface area contributed by atoms with E-state index >= 15 is 0 Å². The molecule has 0 saturated carbocycles. The molecule has 1 heterocycles. The van der Waals surface area contributed by atoms with Crippen LogP contribution in [-0.2, 0) is 13.0 Å². The molecule has 0 radical (unpaired) electrons. The smallest absolute Gasteiger partial charge is 0.145 e. The van der Waals surface area contributed by atoms with Crippen LogP contribution in [0.5, 0.6) is 0 Å². The van der Waals surface area contributed by atoms with Gasteiger partial charge in [-0.2, -0.15) is 5.10 Å². The third-order valence-corrected chi connectivity index (χ3v) is 2.16. The zero-order chi connectivity index (χ0) is 9.84. The van der Waals surface area contributed by atoms with Crippen molar-refractivity contribution in [3.8, 4) is 0 Å². The van der Waals surface area contributed by atoms with E-state index in [1.165, 1.54) is 5.69 Å². The summed E-state index contributed by atoms with van der Waals surface area (Å²) in [6.45, 7) is 7.55. The molecule has 1 rings (SSSR count). The lowest BCUT2D eigenvalue weighted by Gasteiger charge is -2.07. The first-order chi connectivity index (χ1) is 6.13. The van der Waals surface area contributed by atoms with Gasteiger partial charge in [-0.3, -0.25) is 4.68 Å². The van der Waals surface area contributed by atoms with Crippen LogP contribution in [0.3, 0.4) is 0 Å². The fourth-order valence-electron chi connectivity index (χ4n) is 1.34. The molecule has 74 valence electrons. The standard InChI is InChI=1S/C10H19N3/c1-4-9-7-10(11)12-13(9)6-5-8(2)3/h7-8H,4-6H2,1-3H3,(H2,11,12). The van der Waals surface area contributed by atoms with Gasteiger partial charge in [-0.15, -0.1) is 0 Å². The Morgan fingerprint density at radius 2 is 2.23 bits per heavy atom. The number of aromatic nitrogens is 2. The average Bonchev–Trinajstić information content (AvgIpc) is 2.42. The van der Waals surface area contributed by atoms with Crippen LogP contribution in [0, 0.1) is 5.92 Å². The molecule has 13 heavy (non-hydrogen) atoms. The molecule has 3 heteroatoms. The minimum Gasteiger partial charge on any atom is -0.382 e. The van der Waals surface area contributed by atoms with Crippen molar-refractivity contribution in [2.75, 3.05) is 5.73 Å². The van der Waals surface area contributed by atoms with Crippen molar-refractivity contribution < 1.29 is 0 Å². The number of nitrogens with zero attached hydrogens (tertiary/aromatic N) is 2. The summed E-state index contributed by atoms with van der Waals surface area (Å²) in [7, 11) is 0. The van der Waals surface area contributed by atoms with Gasteiger partial charge in [0.2, 0.25) is 0 Å². The maximum absolute atomic E-state index is 5.63.